The first-order chi connectivity index (χ1) is 9.35. The van der Waals surface area contributed by atoms with Crippen molar-refractivity contribution in [3.63, 3.8) is 0 Å². The molecule has 1 N–H and O–H groups in total. The van der Waals surface area contributed by atoms with E-state index in [9.17, 15) is 14.0 Å². The number of ether oxygens (including phenoxy) is 1. The number of hydrogen-bond acceptors (Lipinski definition) is 3. The fourth-order valence-corrected chi connectivity index (χ4v) is 2.07. The van der Waals surface area contributed by atoms with Crippen LogP contribution in [0.4, 0.5) is 4.39 Å². The number of carboxylic acids is 1. The summed E-state index contributed by atoms with van der Waals surface area (Å²) in [5, 5.41) is 9.04. The van der Waals surface area contributed by atoms with Crippen molar-refractivity contribution in [2.24, 2.45) is 5.92 Å². The number of aliphatic carboxylic acids is 1. The number of hydrogen-bond donors (Lipinski definition) is 1. The van der Waals surface area contributed by atoms with Crippen LogP contribution in [0.2, 0.25) is 0 Å². The molecule has 1 rings (SSSR count). The average molecular weight is 282 g/mol. The van der Waals surface area contributed by atoms with Crippen LogP contribution in [-0.4, -0.2) is 17.0 Å². The molecule has 4 nitrogen and oxygen atoms in total. The summed E-state index contributed by atoms with van der Waals surface area (Å²) in [4.78, 5) is 21.8. The molecule has 0 aliphatic rings. The lowest BCUT2D eigenvalue weighted by Crippen LogP contribution is -2.15. The molecule has 0 saturated carbocycles. The molecule has 0 aliphatic heterocycles. The lowest BCUT2D eigenvalue weighted by molar-refractivity contribution is -0.142. The van der Waals surface area contributed by atoms with Crippen LogP contribution in [0, 0.1) is 11.7 Å². The van der Waals surface area contributed by atoms with Crippen LogP contribution < -0.4 is 4.74 Å². The molecule has 5 heteroatoms. The molecule has 110 valence electrons. The summed E-state index contributed by atoms with van der Waals surface area (Å²) in [5.41, 5.74) is 0.693. The topological polar surface area (TPSA) is 63.6 Å². The highest BCUT2D eigenvalue weighted by Crippen LogP contribution is 2.28. The molecular weight excluding hydrogens is 263 g/mol. The first kappa shape index (κ1) is 16.1. The summed E-state index contributed by atoms with van der Waals surface area (Å²) in [6.45, 7) is 4.87. The van der Waals surface area contributed by atoms with Gasteiger partial charge in [-0.25, -0.2) is 4.39 Å². The molecular formula is C15H19FO4. The predicted octanol–water partition coefficient (Wildman–Crippen LogP) is 3.36. The zero-order valence-corrected chi connectivity index (χ0v) is 11.9. The van der Waals surface area contributed by atoms with Gasteiger partial charge >= 0.3 is 11.9 Å². The number of rotatable bonds is 6. The third kappa shape index (κ3) is 4.33. The van der Waals surface area contributed by atoms with Crippen molar-refractivity contribution in [1.82, 2.24) is 0 Å². The van der Waals surface area contributed by atoms with E-state index >= 15 is 0 Å². The largest absolute Gasteiger partial charge is 0.481 e. The Morgan fingerprint density at radius 2 is 2.05 bits per heavy atom. The highest BCUT2D eigenvalue weighted by atomic mass is 19.1. The van der Waals surface area contributed by atoms with Crippen molar-refractivity contribution >= 4 is 11.9 Å². The zero-order chi connectivity index (χ0) is 15.3. The van der Waals surface area contributed by atoms with Gasteiger partial charge in [-0.3, -0.25) is 9.59 Å². The van der Waals surface area contributed by atoms with Crippen molar-refractivity contribution in [2.75, 3.05) is 0 Å². The van der Waals surface area contributed by atoms with Crippen molar-refractivity contribution < 1.29 is 23.8 Å². The number of halogens is 1. The number of carbonyl (C=O) groups excluding carboxylic acids is 1. The average Bonchev–Trinajstić information content (AvgIpc) is 2.37. The maximum Gasteiger partial charge on any atom is 0.308 e. The van der Waals surface area contributed by atoms with Gasteiger partial charge in [0, 0.05) is 6.92 Å². The van der Waals surface area contributed by atoms with E-state index in [1.807, 2.05) is 13.8 Å². The van der Waals surface area contributed by atoms with Crippen LogP contribution >= 0.6 is 0 Å². The summed E-state index contributed by atoms with van der Waals surface area (Å²) in [6.07, 6.45) is 0.978. The summed E-state index contributed by atoms with van der Waals surface area (Å²) < 4.78 is 18.5. The van der Waals surface area contributed by atoms with E-state index in [0.29, 0.717) is 18.4 Å². The lowest BCUT2D eigenvalue weighted by Gasteiger charge is -2.17. The second-order valence-electron chi connectivity index (χ2n) is 4.86. The lowest BCUT2D eigenvalue weighted by atomic mass is 9.89. The first-order valence-electron chi connectivity index (χ1n) is 6.55. The van der Waals surface area contributed by atoms with Gasteiger partial charge in [0.15, 0.2) is 11.6 Å². The van der Waals surface area contributed by atoms with Crippen LogP contribution in [0.15, 0.2) is 18.2 Å². The van der Waals surface area contributed by atoms with Crippen LogP contribution in [0.3, 0.4) is 0 Å². The fraction of sp³-hybridized carbons (Fsp3) is 0.467. The Balaban J connectivity index is 2.84. The Hall–Kier alpha value is -1.91. The third-order valence-electron chi connectivity index (χ3n) is 3.26. The SMILES string of the molecule is CCC(CC(C)c1ccc(OC(C)=O)c(F)c1)C(=O)O. The minimum Gasteiger partial charge on any atom is -0.481 e. The summed E-state index contributed by atoms with van der Waals surface area (Å²) >= 11 is 0. The van der Waals surface area contributed by atoms with Gasteiger partial charge in [-0.1, -0.05) is 19.9 Å². The van der Waals surface area contributed by atoms with E-state index in [1.54, 1.807) is 6.07 Å². The van der Waals surface area contributed by atoms with Gasteiger partial charge in [-0.2, -0.15) is 0 Å². The third-order valence-corrected chi connectivity index (χ3v) is 3.26. The van der Waals surface area contributed by atoms with Gasteiger partial charge in [0.05, 0.1) is 5.92 Å². The van der Waals surface area contributed by atoms with E-state index in [1.165, 1.54) is 19.1 Å². The minimum atomic E-state index is -0.837. The number of benzene rings is 1. The first-order valence-corrected chi connectivity index (χ1v) is 6.55. The smallest absolute Gasteiger partial charge is 0.308 e. The normalized spacial score (nSPS) is 13.6. The van der Waals surface area contributed by atoms with Crippen molar-refractivity contribution in [3.8, 4) is 5.75 Å². The van der Waals surface area contributed by atoms with Crippen molar-refractivity contribution in [2.45, 2.75) is 39.5 Å². The van der Waals surface area contributed by atoms with Gasteiger partial charge in [0.25, 0.3) is 0 Å². The summed E-state index contributed by atoms with van der Waals surface area (Å²) in [5.74, 6) is -2.68. The maximum atomic E-state index is 13.8. The quantitative estimate of drug-likeness (QED) is 0.642. The molecule has 0 fully saturated rings. The van der Waals surface area contributed by atoms with Crippen molar-refractivity contribution in [1.29, 1.82) is 0 Å². The molecule has 0 aromatic heterocycles. The summed E-state index contributed by atoms with van der Waals surface area (Å²) in [7, 11) is 0. The van der Waals surface area contributed by atoms with E-state index < -0.39 is 23.7 Å². The Kier molecular flexibility index (Phi) is 5.67. The highest BCUT2D eigenvalue weighted by molar-refractivity contribution is 5.70. The Bertz CT molecular complexity index is 499. The molecule has 0 saturated heterocycles. The molecule has 0 spiro atoms. The minimum absolute atomic E-state index is 0.0862. The molecule has 0 aliphatic carbocycles. The van der Waals surface area contributed by atoms with Crippen molar-refractivity contribution in [3.05, 3.63) is 29.6 Å². The second kappa shape index (κ2) is 7.03. The molecule has 0 radical (unpaired) electrons. The maximum absolute atomic E-state index is 13.8. The number of esters is 1. The van der Waals surface area contributed by atoms with E-state index in [-0.39, 0.29) is 11.7 Å². The van der Waals surface area contributed by atoms with Crippen LogP contribution in [-0.2, 0) is 9.59 Å². The van der Waals surface area contributed by atoms with Gasteiger partial charge in [0.1, 0.15) is 0 Å². The van der Waals surface area contributed by atoms with Gasteiger partial charge in [-0.15, -0.1) is 0 Å². The molecule has 2 atom stereocenters. The van der Waals surface area contributed by atoms with Crippen LogP contribution in [0.1, 0.15) is 45.1 Å². The second-order valence-corrected chi connectivity index (χ2v) is 4.86. The molecule has 0 bridgehead atoms. The molecule has 1 aromatic rings. The van der Waals surface area contributed by atoms with Gasteiger partial charge in [0.2, 0.25) is 0 Å². The molecule has 20 heavy (non-hydrogen) atoms. The molecule has 2 unspecified atom stereocenters. The number of carboxylic acid groups (broad SMARTS) is 1. The fourth-order valence-electron chi connectivity index (χ4n) is 2.07. The Morgan fingerprint density at radius 3 is 2.50 bits per heavy atom. The highest BCUT2D eigenvalue weighted by Gasteiger charge is 2.20. The standard InChI is InChI=1S/C15H19FO4/c1-4-11(15(18)19)7-9(2)12-5-6-14(13(16)8-12)20-10(3)17/h5-6,8-9,11H,4,7H2,1-3H3,(H,18,19). The Morgan fingerprint density at radius 1 is 1.40 bits per heavy atom. The van der Waals surface area contributed by atoms with E-state index in [0.717, 1.165) is 0 Å². The Labute approximate surface area is 117 Å². The van der Waals surface area contributed by atoms with Crippen LogP contribution in [0.25, 0.3) is 0 Å². The molecule has 1 aromatic carbocycles. The van der Waals surface area contributed by atoms with Crippen LogP contribution in [0.5, 0.6) is 5.75 Å². The van der Waals surface area contributed by atoms with Gasteiger partial charge in [-0.05, 0) is 36.5 Å². The van der Waals surface area contributed by atoms with Gasteiger partial charge < -0.3 is 9.84 Å². The zero-order valence-electron chi connectivity index (χ0n) is 11.9. The van der Waals surface area contributed by atoms with E-state index in [2.05, 4.69) is 0 Å². The van der Waals surface area contributed by atoms with E-state index in [4.69, 9.17) is 9.84 Å². The summed E-state index contributed by atoms with van der Waals surface area (Å²) in [6, 6.07) is 4.34. The molecule has 0 heterocycles. The molecule has 0 amide bonds. The predicted molar refractivity (Wildman–Crippen MR) is 72.2 cm³/mol. The monoisotopic (exact) mass is 282 g/mol. The number of carbonyl (C=O) groups is 2.